The fourth-order valence-corrected chi connectivity index (χ4v) is 4.35. The van der Waals surface area contributed by atoms with Gasteiger partial charge < -0.3 is 9.32 Å². The predicted octanol–water partition coefficient (Wildman–Crippen LogP) is 5.55. The molecule has 5 nitrogen and oxygen atoms in total. The second-order valence-corrected chi connectivity index (χ2v) is 8.45. The molecule has 2 aromatic heterocycles. The summed E-state index contributed by atoms with van der Waals surface area (Å²) in [5, 5.41) is 9.28. The summed E-state index contributed by atoms with van der Waals surface area (Å²) in [6, 6.07) is 13.7. The summed E-state index contributed by atoms with van der Waals surface area (Å²) in [6.45, 7) is 0.223. The number of aromatic nitrogens is 2. The molecule has 1 fully saturated rings. The van der Waals surface area contributed by atoms with Crippen LogP contribution in [0.5, 0.6) is 0 Å². The van der Waals surface area contributed by atoms with Gasteiger partial charge in [0.2, 0.25) is 11.8 Å². The molecule has 1 aliphatic rings. The molecule has 2 heterocycles. The van der Waals surface area contributed by atoms with Gasteiger partial charge in [-0.25, -0.2) is 4.39 Å². The summed E-state index contributed by atoms with van der Waals surface area (Å²) >= 11 is 7.21. The highest BCUT2D eigenvalue weighted by molar-refractivity contribution is 7.20. The van der Waals surface area contributed by atoms with Crippen LogP contribution in [0.3, 0.4) is 0 Å². The van der Waals surface area contributed by atoms with Crippen molar-refractivity contribution in [1.82, 2.24) is 15.1 Å². The normalized spacial score (nSPS) is 13.7. The molecule has 0 spiro atoms. The number of amides is 1. The second kappa shape index (κ2) is 7.24. The summed E-state index contributed by atoms with van der Waals surface area (Å²) in [4.78, 5) is 15.4. The molecule has 0 aliphatic heterocycles. The topological polar surface area (TPSA) is 59.2 Å². The lowest BCUT2D eigenvalue weighted by Crippen LogP contribution is -2.32. The third-order valence-corrected chi connectivity index (χ3v) is 6.17. The molecule has 0 N–H and O–H groups in total. The van der Waals surface area contributed by atoms with Gasteiger partial charge >= 0.3 is 0 Å². The molecule has 1 aliphatic carbocycles. The van der Waals surface area contributed by atoms with E-state index in [-0.39, 0.29) is 24.3 Å². The Labute approximate surface area is 174 Å². The van der Waals surface area contributed by atoms with Gasteiger partial charge in [0.25, 0.3) is 5.91 Å². The Hall–Kier alpha value is -2.77. The highest BCUT2D eigenvalue weighted by Crippen LogP contribution is 2.34. The van der Waals surface area contributed by atoms with E-state index in [9.17, 15) is 9.18 Å². The Balaban J connectivity index is 1.40. The maximum Gasteiger partial charge on any atom is 0.264 e. The quantitative estimate of drug-likeness (QED) is 0.419. The zero-order valence-corrected chi connectivity index (χ0v) is 16.7. The van der Waals surface area contributed by atoms with E-state index in [2.05, 4.69) is 10.2 Å². The van der Waals surface area contributed by atoms with Crippen molar-refractivity contribution in [2.24, 2.45) is 0 Å². The molecule has 4 aromatic rings. The molecule has 0 bridgehead atoms. The highest BCUT2D eigenvalue weighted by atomic mass is 35.5. The van der Waals surface area contributed by atoms with E-state index >= 15 is 0 Å². The smallest absolute Gasteiger partial charge is 0.264 e. The number of thiophene rings is 1. The van der Waals surface area contributed by atoms with Crippen LogP contribution in [0.2, 0.25) is 5.02 Å². The first kappa shape index (κ1) is 18.3. The van der Waals surface area contributed by atoms with Gasteiger partial charge in [-0.05, 0) is 55.3 Å². The molecule has 29 heavy (non-hydrogen) atoms. The minimum Gasteiger partial charge on any atom is -0.419 e. The lowest BCUT2D eigenvalue weighted by Gasteiger charge is -2.19. The maximum absolute atomic E-state index is 14.0. The van der Waals surface area contributed by atoms with Crippen LogP contribution < -0.4 is 0 Å². The first-order valence-corrected chi connectivity index (χ1v) is 10.4. The molecule has 0 saturated heterocycles. The largest absolute Gasteiger partial charge is 0.419 e. The second-order valence-electron chi connectivity index (χ2n) is 6.93. The molecule has 2 aromatic carbocycles. The lowest BCUT2D eigenvalue weighted by molar-refractivity contribution is 0.0719. The van der Waals surface area contributed by atoms with E-state index in [4.69, 9.17) is 16.0 Å². The van der Waals surface area contributed by atoms with Crippen molar-refractivity contribution < 1.29 is 13.6 Å². The summed E-state index contributed by atoms with van der Waals surface area (Å²) in [7, 11) is 0. The van der Waals surface area contributed by atoms with Crippen molar-refractivity contribution in [3.05, 3.63) is 70.1 Å². The van der Waals surface area contributed by atoms with E-state index in [1.807, 2.05) is 6.07 Å². The SMILES string of the molecule is O=C(c1cc2c(F)cccc2s1)N(Cc1nnc(-c2ccc(Cl)cc2)o1)C1CC1. The number of hydrogen-bond acceptors (Lipinski definition) is 5. The van der Waals surface area contributed by atoms with E-state index in [1.54, 1.807) is 41.3 Å². The lowest BCUT2D eigenvalue weighted by atomic mass is 10.2. The summed E-state index contributed by atoms with van der Waals surface area (Å²) in [6.07, 6.45) is 1.87. The van der Waals surface area contributed by atoms with Crippen LogP contribution in [-0.4, -0.2) is 27.0 Å². The first-order valence-electron chi connectivity index (χ1n) is 9.16. The number of nitrogens with zero attached hydrogens (tertiary/aromatic N) is 3. The molecule has 0 radical (unpaired) electrons. The molecule has 8 heteroatoms. The van der Waals surface area contributed by atoms with E-state index in [1.165, 1.54) is 17.4 Å². The number of rotatable bonds is 5. The van der Waals surface area contributed by atoms with Crippen LogP contribution in [-0.2, 0) is 6.54 Å². The predicted molar refractivity (Wildman–Crippen MR) is 109 cm³/mol. The number of fused-ring (bicyclic) bond motifs is 1. The van der Waals surface area contributed by atoms with E-state index < -0.39 is 0 Å². The molecule has 146 valence electrons. The molecule has 1 saturated carbocycles. The fourth-order valence-electron chi connectivity index (χ4n) is 3.20. The van der Waals surface area contributed by atoms with Crippen LogP contribution in [0.25, 0.3) is 21.5 Å². The number of carbonyl (C=O) groups is 1. The summed E-state index contributed by atoms with van der Waals surface area (Å²) in [5.74, 6) is 0.283. The van der Waals surface area contributed by atoms with Crippen molar-refractivity contribution in [1.29, 1.82) is 0 Å². The van der Waals surface area contributed by atoms with Gasteiger partial charge in [0.1, 0.15) is 5.82 Å². The van der Waals surface area contributed by atoms with Crippen molar-refractivity contribution in [2.75, 3.05) is 0 Å². The van der Waals surface area contributed by atoms with Crippen LogP contribution >= 0.6 is 22.9 Å². The monoisotopic (exact) mass is 427 g/mol. The minimum atomic E-state index is -0.319. The Bertz CT molecular complexity index is 1200. The highest BCUT2D eigenvalue weighted by Gasteiger charge is 2.35. The van der Waals surface area contributed by atoms with Gasteiger partial charge in [-0.1, -0.05) is 17.7 Å². The van der Waals surface area contributed by atoms with Crippen molar-refractivity contribution in [3.63, 3.8) is 0 Å². The van der Waals surface area contributed by atoms with Gasteiger partial charge in [0.15, 0.2) is 0 Å². The Morgan fingerprint density at radius 2 is 2.00 bits per heavy atom. The van der Waals surface area contributed by atoms with Gasteiger partial charge in [-0.3, -0.25) is 4.79 Å². The van der Waals surface area contributed by atoms with Gasteiger partial charge in [0.05, 0.1) is 11.4 Å². The Morgan fingerprint density at radius 1 is 1.21 bits per heavy atom. The summed E-state index contributed by atoms with van der Waals surface area (Å²) in [5.41, 5.74) is 0.762. The number of hydrogen-bond donors (Lipinski definition) is 0. The van der Waals surface area contributed by atoms with Crippen LogP contribution in [0.15, 0.2) is 52.9 Å². The summed E-state index contributed by atoms with van der Waals surface area (Å²) < 4.78 is 20.5. The van der Waals surface area contributed by atoms with Crippen molar-refractivity contribution >= 4 is 38.9 Å². The zero-order valence-electron chi connectivity index (χ0n) is 15.1. The molecular weight excluding hydrogens is 413 g/mol. The standard InChI is InChI=1S/C21H15ClFN3O2S/c22-13-6-4-12(5-7-13)20-25-24-19(28-20)11-26(14-8-9-14)21(27)18-10-15-16(23)2-1-3-17(15)29-18/h1-7,10,14H,8-9,11H2. The fraction of sp³-hybridized carbons (Fsp3) is 0.190. The van der Waals surface area contributed by atoms with Crippen LogP contribution in [0, 0.1) is 5.82 Å². The molecule has 1 amide bonds. The van der Waals surface area contributed by atoms with E-state index in [0.717, 1.165) is 23.1 Å². The molecular formula is C21H15ClFN3O2S. The number of carbonyl (C=O) groups excluding carboxylic acids is 1. The average Bonchev–Trinajstić information content (AvgIpc) is 3.28. The van der Waals surface area contributed by atoms with Gasteiger partial charge in [-0.2, -0.15) is 0 Å². The molecule has 0 atom stereocenters. The number of benzene rings is 2. The molecule has 0 unspecified atom stereocenters. The minimum absolute atomic E-state index is 0.139. The maximum atomic E-state index is 14.0. The zero-order chi connectivity index (χ0) is 20.0. The third-order valence-electron chi connectivity index (χ3n) is 4.83. The third kappa shape index (κ3) is 3.63. The van der Waals surface area contributed by atoms with Crippen molar-refractivity contribution in [2.45, 2.75) is 25.4 Å². The van der Waals surface area contributed by atoms with Gasteiger partial charge in [-0.15, -0.1) is 21.5 Å². The molecule has 5 rings (SSSR count). The van der Waals surface area contributed by atoms with Crippen LogP contribution in [0.1, 0.15) is 28.4 Å². The Kier molecular flexibility index (Phi) is 4.56. The number of halogens is 2. The first-order chi connectivity index (χ1) is 14.1. The average molecular weight is 428 g/mol. The Morgan fingerprint density at radius 3 is 2.72 bits per heavy atom. The van der Waals surface area contributed by atoms with Gasteiger partial charge in [0, 0.05) is 26.7 Å². The van der Waals surface area contributed by atoms with Crippen LogP contribution in [0.4, 0.5) is 4.39 Å². The van der Waals surface area contributed by atoms with E-state index in [0.29, 0.717) is 27.1 Å². The van der Waals surface area contributed by atoms with Crippen molar-refractivity contribution in [3.8, 4) is 11.5 Å².